The van der Waals surface area contributed by atoms with Crippen molar-refractivity contribution < 1.29 is 23.8 Å². The number of fused-ring (bicyclic) bond motifs is 1. The van der Waals surface area contributed by atoms with Crippen molar-refractivity contribution in [3.05, 3.63) is 41.6 Å². The Kier molecular flexibility index (Phi) is 4.34. The molecular weight excluding hydrogens is 326 g/mol. The van der Waals surface area contributed by atoms with Crippen molar-refractivity contribution in [2.75, 3.05) is 21.3 Å². The van der Waals surface area contributed by atoms with Crippen molar-refractivity contribution in [1.29, 1.82) is 0 Å². The predicted molar refractivity (Wildman–Crippen MR) is 88.6 cm³/mol. The molecule has 0 radical (unpaired) electrons. The van der Waals surface area contributed by atoms with E-state index in [9.17, 15) is 9.59 Å². The highest BCUT2D eigenvalue weighted by atomic mass is 16.5. The van der Waals surface area contributed by atoms with Gasteiger partial charge in [-0.3, -0.25) is 0 Å². The normalized spacial score (nSPS) is 10.5. The summed E-state index contributed by atoms with van der Waals surface area (Å²) in [7, 11) is 3.85. The van der Waals surface area contributed by atoms with Crippen molar-refractivity contribution in [3.63, 3.8) is 0 Å². The van der Waals surface area contributed by atoms with Gasteiger partial charge in [-0.2, -0.15) is 0 Å². The van der Waals surface area contributed by atoms with Crippen molar-refractivity contribution >= 4 is 23.1 Å². The van der Waals surface area contributed by atoms with E-state index in [0.29, 0.717) is 22.6 Å². The molecule has 0 atom stereocenters. The maximum atomic E-state index is 12.4. The van der Waals surface area contributed by atoms with Gasteiger partial charge in [-0.1, -0.05) is 0 Å². The molecule has 0 aliphatic rings. The van der Waals surface area contributed by atoms with Crippen LogP contribution in [0.15, 0.2) is 30.5 Å². The minimum Gasteiger partial charge on any atom is -0.495 e. The molecule has 2 heterocycles. The van der Waals surface area contributed by atoms with E-state index in [4.69, 9.17) is 14.2 Å². The number of methoxy groups -OCH3 is 3. The molecule has 128 valence electrons. The van der Waals surface area contributed by atoms with Gasteiger partial charge in [-0.05, 0) is 24.3 Å². The summed E-state index contributed by atoms with van der Waals surface area (Å²) in [6.07, 6.45) is 1.62. The molecule has 0 aliphatic carbocycles. The smallest absolute Gasteiger partial charge is 0.342 e. The first-order valence-electron chi connectivity index (χ1n) is 7.29. The quantitative estimate of drug-likeness (QED) is 0.726. The van der Waals surface area contributed by atoms with Gasteiger partial charge in [-0.25, -0.2) is 19.6 Å². The average molecular weight is 341 g/mol. The lowest BCUT2D eigenvalue weighted by Gasteiger charge is -2.14. The summed E-state index contributed by atoms with van der Waals surface area (Å²) in [5, 5.41) is 0. The van der Waals surface area contributed by atoms with Gasteiger partial charge >= 0.3 is 11.9 Å². The minimum atomic E-state index is -0.661. The second-order valence-electron chi connectivity index (χ2n) is 5.01. The Hall–Kier alpha value is -3.42. The number of hydrogen-bond donors (Lipinski definition) is 1. The van der Waals surface area contributed by atoms with Gasteiger partial charge in [0, 0.05) is 11.8 Å². The number of imidazole rings is 1. The zero-order valence-corrected chi connectivity index (χ0v) is 13.8. The molecule has 1 aromatic carbocycles. The highest BCUT2D eigenvalue weighted by Crippen LogP contribution is 2.34. The van der Waals surface area contributed by atoms with Crippen LogP contribution in [0.4, 0.5) is 0 Å². The zero-order chi connectivity index (χ0) is 18.0. The molecule has 0 saturated heterocycles. The Labute approximate surface area is 142 Å². The van der Waals surface area contributed by atoms with Crippen LogP contribution >= 0.6 is 0 Å². The van der Waals surface area contributed by atoms with Crippen LogP contribution in [0.25, 0.3) is 22.6 Å². The van der Waals surface area contributed by atoms with Gasteiger partial charge in [0.15, 0.2) is 5.65 Å². The molecule has 8 nitrogen and oxygen atoms in total. The molecule has 0 bridgehead atoms. The maximum Gasteiger partial charge on any atom is 0.342 e. The second-order valence-corrected chi connectivity index (χ2v) is 5.01. The summed E-state index contributed by atoms with van der Waals surface area (Å²) in [5.74, 6) is -0.820. The Bertz CT molecular complexity index is 931. The van der Waals surface area contributed by atoms with Crippen LogP contribution < -0.4 is 4.74 Å². The SMILES string of the molecule is COC(=O)c1ccc(-c2nc3ncccc3[nH]2)c(C(=O)OC)c1OC. The fourth-order valence-electron chi connectivity index (χ4n) is 2.54. The van der Waals surface area contributed by atoms with E-state index in [1.54, 1.807) is 18.3 Å². The molecule has 25 heavy (non-hydrogen) atoms. The van der Waals surface area contributed by atoms with Crippen molar-refractivity contribution in [1.82, 2.24) is 15.0 Å². The Morgan fingerprint density at radius 1 is 1.04 bits per heavy atom. The minimum absolute atomic E-state index is 0.0598. The van der Waals surface area contributed by atoms with Gasteiger partial charge in [0.2, 0.25) is 0 Å². The lowest BCUT2D eigenvalue weighted by atomic mass is 10.0. The number of H-pyrrole nitrogens is 1. The number of carbonyl (C=O) groups excluding carboxylic acids is 2. The van der Waals surface area contributed by atoms with E-state index >= 15 is 0 Å². The predicted octanol–water partition coefficient (Wildman–Crippen LogP) is 2.21. The summed E-state index contributed by atoms with van der Waals surface area (Å²) < 4.78 is 14.9. The largest absolute Gasteiger partial charge is 0.495 e. The van der Waals surface area contributed by atoms with E-state index < -0.39 is 11.9 Å². The van der Waals surface area contributed by atoms with Gasteiger partial charge in [0.05, 0.1) is 26.8 Å². The number of aromatic amines is 1. The first-order valence-corrected chi connectivity index (χ1v) is 7.29. The summed E-state index contributed by atoms with van der Waals surface area (Å²) >= 11 is 0. The number of pyridine rings is 1. The molecule has 0 saturated carbocycles. The Balaban J connectivity index is 2.28. The van der Waals surface area contributed by atoms with E-state index in [-0.39, 0.29) is 16.9 Å². The number of nitrogens with zero attached hydrogens (tertiary/aromatic N) is 2. The average Bonchev–Trinajstić information content (AvgIpc) is 3.09. The number of aromatic nitrogens is 3. The van der Waals surface area contributed by atoms with Crippen LogP contribution in [0.1, 0.15) is 20.7 Å². The maximum absolute atomic E-state index is 12.4. The van der Waals surface area contributed by atoms with Crippen LogP contribution in [0.5, 0.6) is 5.75 Å². The molecule has 2 aromatic heterocycles. The van der Waals surface area contributed by atoms with Crippen LogP contribution in [0.2, 0.25) is 0 Å². The van der Waals surface area contributed by atoms with E-state index in [1.807, 2.05) is 6.07 Å². The van der Waals surface area contributed by atoms with Crippen molar-refractivity contribution in [2.24, 2.45) is 0 Å². The third kappa shape index (κ3) is 2.78. The summed E-state index contributed by atoms with van der Waals surface area (Å²) in [6.45, 7) is 0. The first kappa shape index (κ1) is 16.4. The third-order valence-electron chi connectivity index (χ3n) is 3.67. The number of rotatable bonds is 4. The number of benzene rings is 1. The Morgan fingerprint density at radius 3 is 2.44 bits per heavy atom. The number of esters is 2. The highest BCUT2D eigenvalue weighted by molar-refractivity contribution is 6.05. The Morgan fingerprint density at radius 2 is 1.80 bits per heavy atom. The van der Waals surface area contributed by atoms with Crippen molar-refractivity contribution in [3.8, 4) is 17.1 Å². The first-order chi connectivity index (χ1) is 12.1. The molecule has 1 N–H and O–H groups in total. The molecule has 3 rings (SSSR count). The fraction of sp³-hybridized carbons (Fsp3) is 0.176. The van der Waals surface area contributed by atoms with Crippen LogP contribution in [-0.4, -0.2) is 48.2 Å². The summed E-state index contributed by atoms with van der Waals surface area (Å²) in [5.41, 5.74) is 1.83. The van der Waals surface area contributed by atoms with Crippen LogP contribution in [0.3, 0.4) is 0 Å². The summed E-state index contributed by atoms with van der Waals surface area (Å²) in [4.78, 5) is 35.9. The number of ether oxygens (including phenoxy) is 3. The van der Waals surface area contributed by atoms with Crippen LogP contribution in [0, 0.1) is 0 Å². The monoisotopic (exact) mass is 341 g/mol. The molecule has 0 unspecified atom stereocenters. The number of hydrogen-bond acceptors (Lipinski definition) is 7. The molecule has 0 amide bonds. The van der Waals surface area contributed by atoms with Gasteiger partial charge in [0.25, 0.3) is 0 Å². The lowest BCUT2D eigenvalue weighted by Crippen LogP contribution is -2.12. The van der Waals surface area contributed by atoms with Crippen LogP contribution in [-0.2, 0) is 9.47 Å². The highest BCUT2D eigenvalue weighted by Gasteiger charge is 2.27. The van der Waals surface area contributed by atoms with Gasteiger partial charge in [0.1, 0.15) is 22.7 Å². The summed E-state index contributed by atoms with van der Waals surface area (Å²) in [6, 6.07) is 6.68. The molecule has 0 aliphatic heterocycles. The van der Waals surface area contributed by atoms with Crippen molar-refractivity contribution in [2.45, 2.75) is 0 Å². The van der Waals surface area contributed by atoms with Gasteiger partial charge < -0.3 is 19.2 Å². The standard InChI is InChI=1S/C17H15N3O5/c1-23-13-10(16(21)24-2)7-6-9(12(13)17(22)25-3)14-19-11-5-4-8-18-15(11)20-14/h4-8H,1-3H3,(H,18,19,20). The molecule has 0 spiro atoms. The fourth-order valence-corrected chi connectivity index (χ4v) is 2.54. The molecule has 0 fully saturated rings. The van der Waals surface area contributed by atoms with E-state index in [0.717, 1.165) is 0 Å². The third-order valence-corrected chi connectivity index (χ3v) is 3.67. The molecule has 8 heteroatoms. The molecule has 3 aromatic rings. The van der Waals surface area contributed by atoms with E-state index in [1.165, 1.54) is 27.4 Å². The lowest BCUT2D eigenvalue weighted by molar-refractivity contribution is 0.0592. The topological polar surface area (TPSA) is 103 Å². The second kappa shape index (κ2) is 6.60. The van der Waals surface area contributed by atoms with Gasteiger partial charge in [-0.15, -0.1) is 0 Å². The zero-order valence-electron chi connectivity index (χ0n) is 13.8. The number of carbonyl (C=O) groups is 2. The van der Waals surface area contributed by atoms with E-state index in [2.05, 4.69) is 15.0 Å². The molecular formula is C17H15N3O5. The number of nitrogens with one attached hydrogen (secondary N) is 1.